The number of esters is 1. The first-order valence-corrected chi connectivity index (χ1v) is 8.12. The quantitative estimate of drug-likeness (QED) is 0.709. The van der Waals surface area contributed by atoms with E-state index in [1.807, 2.05) is 13.8 Å². The minimum atomic E-state index is -3.16. The summed E-state index contributed by atoms with van der Waals surface area (Å²) in [6.45, 7) is 6.80. The van der Waals surface area contributed by atoms with Gasteiger partial charge >= 0.3 is 5.97 Å². The third-order valence-corrected chi connectivity index (χ3v) is 5.25. The van der Waals surface area contributed by atoms with Crippen molar-refractivity contribution < 1.29 is 17.9 Å². The SMILES string of the molecule is CCOC(=O)C1CCN(S(=O)(=O)CC(C)C)CC1. The highest BCUT2D eigenvalue weighted by Gasteiger charge is 2.31. The van der Waals surface area contributed by atoms with Gasteiger partial charge in [-0.2, -0.15) is 0 Å². The Kier molecular flexibility index (Phi) is 5.59. The van der Waals surface area contributed by atoms with Gasteiger partial charge in [-0.05, 0) is 25.7 Å². The first-order valence-electron chi connectivity index (χ1n) is 6.51. The van der Waals surface area contributed by atoms with Gasteiger partial charge in [-0.15, -0.1) is 0 Å². The van der Waals surface area contributed by atoms with Gasteiger partial charge in [0.1, 0.15) is 0 Å². The summed E-state index contributed by atoms with van der Waals surface area (Å²) in [6, 6.07) is 0. The van der Waals surface area contributed by atoms with E-state index in [9.17, 15) is 13.2 Å². The molecule has 0 N–H and O–H groups in total. The summed E-state index contributed by atoms with van der Waals surface area (Å²) in [5, 5.41) is 0. The van der Waals surface area contributed by atoms with Crippen molar-refractivity contribution in [1.82, 2.24) is 4.31 Å². The molecule has 1 saturated heterocycles. The second-order valence-electron chi connectivity index (χ2n) is 5.10. The molecule has 6 heteroatoms. The van der Waals surface area contributed by atoms with Crippen LogP contribution in [0.4, 0.5) is 0 Å². The van der Waals surface area contributed by atoms with E-state index in [2.05, 4.69) is 0 Å². The third kappa shape index (κ3) is 4.24. The fraction of sp³-hybridized carbons (Fsp3) is 0.917. The van der Waals surface area contributed by atoms with Crippen LogP contribution in [0.5, 0.6) is 0 Å². The summed E-state index contributed by atoms with van der Waals surface area (Å²) in [7, 11) is -3.16. The molecule has 0 aromatic heterocycles. The van der Waals surface area contributed by atoms with E-state index in [0.717, 1.165) is 0 Å². The smallest absolute Gasteiger partial charge is 0.309 e. The molecule has 0 spiro atoms. The Hall–Kier alpha value is -0.620. The number of piperidine rings is 1. The lowest BCUT2D eigenvalue weighted by atomic mass is 9.98. The van der Waals surface area contributed by atoms with Gasteiger partial charge in [0.15, 0.2) is 0 Å². The number of hydrogen-bond donors (Lipinski definition) is 0. The highest BCUT2D eigenvalue weighted by Crippen LogP contribution is 2.21. The molecule has 0 aromatic rings. The van der Waals surface area contributed by atoms with Crippen molar-refractivity contribution in [3.63, 3.8) is 0 Å². The normalized spacial score (nSPS) is 19.1. The van der Waals surface area contributed by atoms with Crippen molar-refractivity contribution in [1.29, 1.82) is 0 Å². The van der Waals surface area contributed by atoms with Crippen LogP contribution in [0, 0.1) is 11.8 Å². The predicted octanol–water partition coefficient (Wildman–Crippen LogP) is 1.25. The molecule has 1 fully saturated rings. The highest BCUT2D eigenvalue weighted by molar-refractivity contribution is 7.89. The van der Waals surface area contributed by atoms with Gasteiger partial charge in [-0.25, -0.2) is 12.7 Å². The van der Waals surface area contributed by atoms with Gasteiger partial charge in [0, 0.05) is 13.1 Å². The second-order valence-corrected chi connectivity index (χ2v) is 7.11. The Bertz CT molecular complexity index is 370. The lowest BCUT2D eigenvalue weighted by Crippen LogP contribution is -2.42. The first-order chi connectivity index (χ1) is 8.36. The number of ether oxygens (including phenoxy) is 1. The molecule has 0 unspecified atom stereocenters. The standard InChI is InChI=1S/C12H23NO4S/c1-4-17-12(14)11-5-7-13(8-6-11)18(15,16)9-10(2)3/h10-11H,4-9H2,1-3H3. The second kappa shape index (κ2) is 6.52. The van der Waals surface area contributed by atoms with Crippen LogP contribution in [-0.4, -0.2) is 44.1 Å². The molecule has 1 heterocycles. The Labute approximate surface area is 110 Å². The number of sulfonamides is 1. The third-order valence-electron chi connectivity index (χ3n) is 3.01. The van der Waals surface area contributed by atoms with Crippen molar-refractivity contribution in [2.45, 2.75) is 33.6 Å². The van der Waals surface area contributed by atoms with E-state index >= 15 is 0 Å². The summed E-state index contributed by atoms with van der Waals surface area (Å²) in [5.74, 6) is -0.0384. The minimum Gasteiger partial charge on any atom is -0.466 e. The van der Waals surface area contributed by atoms with E-state index < -0.39 is 10.0 Å². The molecule has 1 rings (SSSR count). The number of rotatable bonds is 5. The molecule has 18 heavy (non-hydrogen) atoms. The summed E-state index contributed by atoms with van der Waals surface area (Å²) < 4.78 is 30.5. The maximum Gasteiger partial charge on any atom is 0.309 e. The van der Waals surface area contributed by atoms with Gasteiger partial charge < -0.3 is 4.74 Å². The number of nitrogens with zero attached hydrogens (tertiary/aromatic N) is 1. The zero-order valence-electron chi connectivity index (χ0n) is 11.4. The Morgan fingerprint density at radius 1 is 1.33 bits per heavy atom. The molecule has 106 valence electrons. The average Bonchev–Trinajstić information content (AvgIpc) is 2.28. The van der Waals surface area contributed by atoms with Crippen LogP contribution in [0.25, 0.3) is 0 Å². The Morgan fingerprint density at radius 2 is 1.89 bits per heavy atom. The van der Waals surface area contributed by atoms with Crippen LogP contribution in [0.2, 0.25) is 0 Å². The van der Waals surface area contributed by atoms with Crippen molar-refractivity contribution >= 4 is 16.0 Å². The van der Waals surface area contributed by atoms with Gasteiger partial charge in [0.25, 0.3) is 0 Å². The minimum absolute atomic E-state index is 0.123. The van der Waals surface area contributed by atoms with Crippen LogP contribution in [0.15, 0.2) is 0 Å². The van der Waals surface area contributed by atoms with Crippen molar-refractivity contribution in [2.24, 2.45) is 11.8 Å². The molecule has 0 aliphatic carbocycles. The molecule has 0 amide bonds. The fourth-order valence-electron chi connectivity index (χ4n) is 2.16. The summed E-state index contributed by atoms with van der Waals surface area (Å²) in [6.07, 6.45) is 1.13. The topological polar surface area (TPSA) is 63.7 Å². The predicted molar refractivity (Wildman–Crippen MR) is 69.6 cm³/mol. The van der Waals surface area contributed by atoms with Crippen molar-refractivity contribution in [2.75, 3.05) is 25.4 Å². The maximum atomic E-state index is 12.0. The molecule has 0 bridgehead atoms. The van der Waals surface area contributed by atoms with E-state index in [1.54, 1.807) is 6.92 Å². The summed E-state index contributed by atoms with van der Waals surface area (Å²) in [5.41, 5.74) is 0. The monoisotopic (exact) mass is 277 g/mol. The molecule has 1 aliphatic rings. The van der Waals surface area contributed by atoms with E-state index in [4.69, 9.17) is 4.74 Å². The van der Waals surface area contributed by atoms with Crippen molar-refractivity contribution in [3.8, 4) is 0 Å². The lowest BCUT2D eigenvalue weighted by molar-refractivity contribution is -0.149. The zero-order valence-corrected chi connectivity index (χ0v) is 12.2. The molecule has 0 radical (unpaired) electrons. The number of hydrogen-bond acceptors (Lipinski definition) is 4. The molecular formula is C12H23NO4S. The Balaban J connectivity index is 2.51. The molecular weight excluding hydrogens is 254 g/mol. The average molecular weight is 277 g/mol. The van der Waals surface area contributed by atoms with Crippen LogP contribution >= 0.6 is 0 Å². The van der Waals surface area contributed by atoms with Crippen molar-refractivity contribution in [3.05, 3.63) is 0 Å². The van der Waals surface area contributed by atoms with Crippen LogP contribution in [0.1, 0.15) is 33.6 Å². The maximum absolute atomic E-state index is 12.0. The van der Waals surface area contributed by atoms with Crippen LogP contribution in [-0.2, 0) is 19.6 Å². The Morgan fingerprint density at radius 3 is 2.33 bits per heavy atom. The van der Waals surface area contributed by atoms with Crippen LogP contribution in [0.3, 0.4) is 0 Å². The first kappa shape index (κ1) is 15.4. The van der Waals surface area contributed by atoms with Gasteiger partial charge in [0.2, 0.25) is 10.0 Å². The number of carbonyl (C=O) groups excluding carboxylic acids is 1. The molecule has 1 aliphatic heterocycles. The van der Waals surface area contributed by atoms with Crippen LogP contribution < -0.4 is 0 Å². The largest absolute Gasteiger partial charge is 0.466 e. The van der Waals surface area contributed by atoms with Gasteiger partial charge in [0.05, 0.1) is 18.3 Å². The van der Waals surface area contributed by atoms with E-state index in [-0.39, 0.29) is 23.6 Å². The molecule has 0 saturated carbocycles. The summed E-state index contributed by atoms with van der Waals surface area (Å²) in [4.78, 5) is 11.5. The van der Waals surface area contributed by atoms with Gasteiger partial charge in [-0.1, -0.05) is 13.8 Å². The zero-order chi connectivity index (χ0) is 13.8. The fourth-order valence-corrected chi connectivity index (χ4v) is 3.98. The molecule has 5 nitrogen and oxygen atoms in total. The molecule has 0 aromatic carbocycles. The highest BCUT2D eigenvalue weighted by atomic mass is 32.2. The van der Waals surface area contributed by atoms with E-state index in [0.29, 0.717) is 32.5 Å². The number of carbonyl (C=O) groups is 1. The van der Waals surface area contributed by atoms with Gasteiger partial charge in [-0.3, -0.25) is 4.79 Å². The van der Waals surface area contributed by atoms with E-state index in [1.165, 1.54) is 4.31 Å². The summed E-state index contributed by atoms with van der Waals surface area (Å²) >= 11 is 0. The molecule has 0 atom stereocenters. The lowest BCUT2D eigenvalue weighted by Gasteiger charge is -2.30.